The number of benzene rings is 1. The zero-order valence-electron chi connectivity index (χ0n) is 13.1. The second kappa shape index (κ2) is 6.38. The van der Waals surface area contributed by atoms with Gasteiger partial charge in [-0.3, -0.25) is 9.59 Å². The topological polar surface area (TPSA) is 72.8 Å². The average Bonchev–Trinajstić information content (AvgIpc) is 2.85. The van der Waals surface area contributed by atoms with Crippen LogP contribution in [0.2, 0.25) is 0 Å². The van der Waals surface area contributed by atoms with E-state index in [0.717, 1.165) is 16.7 Å². The van der Waals surface area contributed by atoms with Crippen molar-refractivity contribution in [2.75, 3.05) is 14.2 Å². The number of carbonyl (C=O) groups is 2. The normalized spacial score (nSPS) is 14.9. The van der Waals surface area contributed by atoms with Crippen LogP contribution >= 0.6 is 0 Å². The van der Waals surface area contributed by atoms with Gasteiger partial charge in [0, 0.05) is 42.4 Å². The molecule has 0 bridgehead atoms. The van der Waals surface area contributed by atoms with Gasteiger partial charge >= 0.3 is 11.9 Å². The minimum Gasteiger partial charge on any atom is -0.508 e. The van der Waals surface area contributed by atoms with E-state index in [-0.39, 0.29) is 48.1 Å². The van der Waals surface area contributed by atoms with Gasteiger partial charge in [0.15, 0.2) is 5.41 Å². The summed E-state index contributed by atoms with van der Waals surface area (Å²) < 4.78 is 9.60. The van der Waals surface area contributed by atoms with Crippen molar-refractivity contribution in [1.82, 2.24) is 0 Å². The monoisotopic (exact) mass is 301 g/mol. The molecule has 0 fully saturated rings. The quantitative estimate of drug-likeness (QED) is 0.502. The van der Waals surface area contributed by atoms with E-state index in [9.17, 15) is 14.7 Å². The van der Waals surface area contributed by atoms with Crippen LogP contribution in [0.5, 0.6) is 5.75 Å². The molecule has 0 saturated heterocycles. The predicted molar refractivity (Wildman–Crippen MR) is 77.2 cm³/mol. The molecular weight excluding hydrogens is 283 g/mol. The molecule has 0 aliphatic heterocycles. The number of aryl methyl sites for hydroxylation is 1. The van der Waals surface area contributed by atoms with Crippen molar-refractivity contribution in [3.63, 3.8) is 0 Å². The zero-order valence-corrected chi connectivity index (χ0v) is 15.1. The van der Waals surface area contributed by atoms with Crippen molar-refractivity contribution < 1.29 is 24.2 Å². The third-order valence-electron chi connectivity index (χ3n) is 4.14. The van der Waals surface area contributed by atoms with Gasteiger partial charge in [-0.1, -0.05) is 0 Å². The first-order valence-corrected chi connectivity index (χ1v) is 6.35. The largest absolute Gasteiger partial charge is 0.508 e. The first-order valence-electron chi connectivity index (χ1n) is 6.35. The van der Waals surface area contributed by atoms with Crippen LogP contribution in [0.25, 0.3) is 0 Å². The van der Waals surface area contributed by atoms with E-state index < -0.39 is 17.4 Å². The Labute approximate surface area is 145 Å². The summed E-state index contributed by atoms with van der Waals surface area (Å²) in [7, 11) is 2.51. The smallest absolute Gasteiger partial charge is 0.323 e. The fourth-order valence-corrected chi connectivity index (χ4v) is 2.93. The molecule has 1 N–H and O–H groups in total. The van der Waals surface area contributed by atoms with Crippen LogP contribution in [0, 0.1) is 19.3 Å². The van der Waals surface area contributed by atoms with Crippen molar-refractivity contribution in [3.8, 4) is 5.75 Å². The Bertz CT molecular complexity index is 578. The number of phenolic OH excluding ortho intramolecular Hbond substituents is 1. The van der Waals surface area contributed by atoms with Gasteiger partial charge in [0.2, 0.25) is 0 Å². The third-order valence-corrected chi connectivity index (χ3v) is 4.14. The van der Waals surface area contributed by atoms with Crippen LogP contribution in [-0.4, -0.2) is 60.8 Å². The van der Waals surface area contributed by atoms with Crippen LogP contribution in [0.1, 0.15) is 22.3 Å². The first kappa shape index (κ1) is 18.0. The van der Waals surface area contributed by atoms with E-state index >= 15 is 0 Å². The van der Waals surface area contributed by atoms with Crippen LogP contribution in [0.15, 0.2) is 6.07 Å². The standard InChI is InChI=1S/C15H18O5.Na/c1-8-5-12(16)9(2)11-7-15(6-10(8)11,13(17)19-3)14(18)20-4;/h5,16H,6-7H2,1-4H3;. The Hall–Kier alpha value is -1.04. The number of phenols is 1. The summed E-state index contributed by atoms with van der Waals surface area (Å²) in [4.78, 5) is 24.3. The van der Waals surface area contributed by atoms with Crippen LogP contribution in [0.3, 0.4) is 0 Å². The van der Waals surface area contributed by atoms with Crippen molar-refractivity contribution in [2.24, 2.45) is 5.41 Å². The molecule has 0 spiro atoms. The molecule has 0 saturated carbocycles. The van der Waals surface area contributed by atoms with E-state index in [0.29, 0.717) is 5.56 Å². The van der Waals surface area contributed by atoms with Crippen molar-refractivity contribution >= 4 is 41.5 Å². The molecule has 0 heterocycles. The summed E-state index contributed by atoms with van der Waals surface area (Å²) in [6.07, 6.45) is 0.442. The van der Waals surface area contributed by atoms with Gasteiger partial charge in [-0.2, -0.15) is 0 Å². The minimum absolute atomic E-state index is 0. The number of carbonyl (C=O) groups excluding carboxylic acids is 2. The number of fused-ring (bicyclic) bond motifs is 1. The third kappa shape index (κ3) is 2.70. The SMILES string of the molecule is COC(=O)C1(C(=O)OC)Cc2c(C)cc(O)c(C)c2C1.[Na]. The van der Waals surface area contributed by atoms with Gasteiger partial charge in [0.05, 0.1) is 14.2 Å². The van der Waals surface area contributed by atoms with Gasteiger partial charge in [-0.15, -0.1) is 0 Å². The molecule has 1 radical (unpaired) electrons. The molecule has 109 valence electrons. The molecule has 1 aliphatic rings. The summed E-state index contributed by atoms with van der Waals surface area (Å²) in [6.45, 7) is 3.63. The Morgan fingerprint density at radius 2 is 1.57 bits per heavy atom. The molecule has 0 amide bonds. The van der Waals surface area contributed by atoms with Gasteiger partial charge < -0.3 is 14.6 Å². The molecule has 0 aromatic heterocycles. The number of methoxy groups -OCH3 is 2. The fourth-order valence-electron chi connectivity index (χ4n) is 2.93. The molecular formula is C15H18NaO5. The molecule has 0 unspecified atom stereocenters. The molecule has 1 aliphatic carbocycles. The summed E-state index contributed by atoms with van der Waals surface area (Å²) in [5.41, 5.74) is 1.96. The molecule has 5 nitrogen and oxygen atoms in total. The van der Waals surface area contributed by atoms with E-state index in [1.165, 1.54) is 14.2 Å². The second-order valence-electron chi connectivity index (χ2n) is 5.21. The second-order valence-corrected chi connectivity index (χ2v) is 5.21. The number of ether oxygens (including phenoxy) is 2. The van der Waals surface area contributed by atoms with E-state index in [2.05, 4.69) is 0 Å². The summed E-state index contributed by atoms with van der Waals surface area (Å²) in [6, 6.07) is 1.65. The summed E-state index contributed by atoms with van der Waals surface area (Å²) >= 11 is 0. The maximum atomic E-state index is 12.1. The number of hydrogen-bond acceptors (Lipinski definition) is 5. The molecule has 21 heavy (non-hydrogen) atoms. The maximum absolute atomic E-state index is 12.1. The van der Waals surface area contributed by atoms with E-state index in [1.807, 2.05) is 6.92 Å². The Balaban J connectivity index is 0.00000220. The predicted octanol–water partition coefficient (Wildman–Crippen LogP) is 1.06. The number of hydrogen-bond donors (Lipinski definition) is 1. The van der Waals surface area contributed by atoms with Gasteiger partial charge in [-0.05, 0) is 42.2 Å². The minimum atomic E-state index is -1.34. The summed E-state index contributed by atoms with van der Waals surface area (Å²) in [5.74, 6) is -1.02. The fraction of sp³-hybridized carbons (Fsp3) is 0.467. The van der Waals surface area contributed by atoms with Crippen molar-refractivity contribution in [3.05, 3.63) is 28.3 Å². The molecule has 6 heteroatoms. The average molecular weight is 301 g/mol. The van der Waals surface area contributed by atoms with E-state index in [4.69, 9.17) is 9.47 Å². The first-order chi connectivity index (χ1) is 9.37. The van der Waals surface area contributed by atoms with Crippen molar-refractivity contribution in [1.29, 1.82) is 0 Å². The van der Waals surface area contributed by atoms with Crippen LogP contribution < -0.4 is 0 Å². The Kier molecular flexibility index (Phi) is 5.47. The van der Waals surface area contributed by atoms with Crippen LogP contribution in [0.4, 0.5) is 0 Å². The molecule has 2 rings (SSSR count). The van der Waals surface area contributed by atoms with Crippen molar-refractivity contribution in [2.45, 2.75) is 26.7 Å². The molecule has 1 aromatic rings. The summed E-state index contributed by atoms with van der Waals surface area (Å²) in [5, 5.41) is 9.89. The number of rotatable bonds is 2. The molecule has 0 atom stereocenters. The zero-order chi connectivity index (χ0) is 15.1. The van der Waals surface area contributed by atoms with E-state index in [1.54, 1.807) is 13.0 Å². The van der Waals surface area contributed by atoms with Gasteiger partial charge in [0.25, 0.3) is 0 Å². The van der Waals surface area contributed by atoms with Gasteiger partial charge in [0.1, 0.15) is 5.75 Å². The number of aromatic hydroxyl groups is 1. The molecule has 1 aromatic carbocycles. The maximum Gasteiger partial charge on any atom is 0.323 e. The Morgan fingerprint density at radius 3 is 2.05 bits per heavy atom. The van der Waals surface area contributed by atoms with Crippen LogP contribution in [-0.2, 0) is 31.9 Å². The number of esters is 2. The van der Waals surface area contributed by atoms with Gasteiger partial charge in [-0.25, -0.2) is 0 Å². The Morgan fingerprint density at radius 1 is 1.10 bits per heavy atom.